The van der Waals surface area contributed by atoms with Gasteiger partial charge in [-0.25, -0.2) is 12.7 Å². The van der Waals surface area contributed by atoms with Crippen molar-refractivity contribution in [1.29, 1.82) is 0 Å². The Kier molecular flexibility index (Phi) is 4.47. The Labute approximate surface area is 121 Å². The van der Waals surface area contributed by atoms with Crippen molar-refractivity contribution in [2.24, 2.45) is 5.92 Å². The fourth-order valence-electron chi connectivity index (χ4n) is 2.41. The lowest BCUT2D eigenvalue weighted by atomic mass is 9.99. The number of hydrogen-bond acceptors (Lipinski definition) is 3. The molecule has 106 valence electrons. The van der Waals surface area contributed by atoms with Gasteiger partial charge in [-0.15, -0.1) is 0 Å². The van der Waals surface area contributed by atoms with E-state index < -0.39 is 10.0 Å². The lowest BCUT2D eigenvalue weighted by Gasteiger charge is -2.31. The van der Waals surface area contributed by atoms with Gasteiger partial charge in [-0.1, -0.05) is 0 Å². The third-order valence-corrected chi connectivity index (χ3v) is 5.25. The van der Waals surface area contributed by atoms with Crippen LogP contribution in [0.25, 0.3) is 0 Å². The molecule has 2 heterocycles. The van der Waals surface area contributed by atoms with Crippen molar-refractivity contribution in [2.45, 2.75) is 19.4 Å². The normalized spacial score (nSPS) is 21.5. The summed E-state index contributed by atoms with van der Waals surface area (Å²) in [5, 5.41) is 0. The van der Waals surface area contributed by atoms with Crippen LogP contribution in [0.15, 0.2) is 27.6 Å². The van der Waals surface area contributed by atoms with E-state index in [0.29, 0.717) is 24.1 Å². The first-order chi connectivity index (χ1) is 8.88. The lowest BCUT2D eigenvalue weighted by molar-refractivity contribution is 0.244. The molecule has 0 saturated carbocycles. The molecule has 0 radical (unpaired) electrons. The van der Waals surface area contributed by atoms with Crippen LogP contribution < -0.4 is 5.56 Å². The fraction of sp³-hybridized carbons (Fsp3) is 0.583. The summed E-state index contributed by atoms with van der Waals surface area (Å²) in [4.78, 5) is 11.9. The lowest BCUT2D eigenvalue weighted by Crippen LogP contribution is -2.41. The molecule has 1 aromatic rings. The molecule has 5 nitrogen and oxygen atoms in total. The zero-order valence-corrected chi connectivity index (χ0v) is 13.2. The van der Waals surface area contributed by atoms with Crippen LogP contribution in [-0.4, -0.2) is 36.6 Å². The number of rotatable bonds is 3. The van der Waals surface area contributed by atoms with Crippen molar-refractivity contribution in [3.63, 3.8) is 0 Å². The Hall–Kier alpha value is -0.660. The molecule has 0 bridgehead atoms. The highest BCUT2D eigenvalue weighted by atomic mass is 79.9. The minimum absolute atomic E-state index is 0.0704. The van der Waals surface area contributed by atoms with E-state index in [2.05, 4.69) is 15.9 Å². The van der Waals surface area contributed by atoms with Gasteiger partial charge in [0.15, 0.2) is 0 Å². The topological polar surface area (TPSA) is 59.4 Å². The predicted octanol–water partition coefficient (Wildman–Crippen LogP) is 1.28. The standard InChI is InChI=1S/C12H17BrN2O3S/c1-19(17,18)15-7-2-4-10(9-15)8-14-6-3-5-11(13)12(14)16/h3,5-6,10H,2,4,7-9H2,1H3. The van der Waals surface area contributed by atoms with E-state index >= 15 is 0 Å². The van der Waals surface area contributed by atoms with Crippen molar-refractivity contribution in [3.05, 3.63) is 33.2 Å². The number of piperidine rings is 1. The Morgan fingerprint density at radius 3 is 2.89 bits per heavy atom. The highest BCUT2D eigenvalue weighted by molar-refractivity contribution is 9.10. The maximum absolute atomic E-state index is 11.9. The van der Waals surface area contributed by atoms with Gasteiger partial charge in [0.1, 0.15) is 0 Å². The summed E-state index contributed by atoms with van der Waals surface area (Å²) in [5.74, 6) is 0.190. The quantitative estimate of drug-likeness (QED) is 0.826. The fourth-order valence-corrected chi connectivity index (χ4v) is 3.73. The van der Waals surface area contributed by atoms with E-state index in [9.17, 15) is 13.2 Å². The van der Waals surface area contributed by atoms with Crippen LogP contribution in [0, 0.1) is 5.92 Å². The van der Waals surface area contributed by atoms with Crippen LogP contribution in [0.1, 0.15) is 12.8 Å². The Bertz CT molecular complexity index is 612. The molecule has 1 aliphatic rings. The molecule has 0 amide bonds. The third kappa shape index (κ3) is 3.67. The van der Waals surface area contributed by atoms with Crippen LogP contribution in [-0.2, 0) is 16.6 Å². The summed E-state index contributed by atoms with van der Waals surface area (Å²) in [7, 11) is -3.13. The first-order valence-corrected chi connectivity index (χ1v) is 8.82. The molecule has 1 saturated heterocycles. The van der Waals surface area contributed by atoms with Gasteiger partial charge in [-0.2, -0.15) is 0 Å². The van der Waals surface area contributed by atoms with Crippen molar-refractivity contribution >= 4 is 26.0 Å². The van der Waals surface area contributed by atoms with Crippen LogP contribution in [0.3, 0.4) is 0 Å². The van der Waals surface area contributed by atoms with E-state index in [1.54, 1.807) is 16.8 Å². The van der Waals surface area contributed by atoms with Crippen molar-refractivity contribution < 1.29 is 8.42 Å². The Morgan fingerprint density at radius 1 is 1.47 bits per heavy atom. The van der Waals surface area contributed by atoms with E-state index in [0.717, 1.165) is 12.8 Å². The molecule has 1 fully saturated rings. The third-order valence-electron chi connectivity index (χ3n) is 3.38. The van der Waals surface area contributed by atoms with E-state index in [1.807, 2.05) is 6.07 Å². The number of hydrogen-bond donors (Lipinski definition) is 0. The SMILES string of the molecule is CS(=O)(=O)N1CCCC(Cn2cccc(Br)c2=O)C1. The average molecular weight is 349 g/mol. The summed E-state index contributed by atoms with van der Waals surface area (Å²) >= 11 is 3.21. The summed E-state index contributed by atoms with van der Waals surface area (Å²) in [6, 6.07) is 3.52. The minimum atomic E-state index is -3.13. The molecule has 1 aromatic heterocycles. The predicted molar refractivity (Wildman–Crippen MR) is 77.5 cm³/mol. The number of sulfonamides is 1. The summed E-state index contributed by atoms with van der Waals surface area (Å²) in [6.45, 7) is 1.64. The van der Waals surface area contributed by atoms with Gasteiger partial charge >= 0.3 is 0 Å². The van der Waals surface area contributed by atoms with Gasteiger partial charge in [0.2, 0.25) is 10.0 Å². The first kappa shape index (κ1) is 14.7. The highest BCUT2D eigenvalue weighted by Gasteiger charge is 2.26. The van der Waals surface area contributed by atoms with Gasteiger partial charge in [-0.05, 0) is 46.8 Å². The largest absolute Gasteiger partial charge is 0.314 e. The molecule has 2 rings (SSSR count). The number of halogens is 1. The molecule has 1 aliphatic heterocycles. The monoisotopic (exact) mass is 348 g/mol. The molecule has 1 atom stereocenters. The zero-order valence-electron chi connectivity index (χ0n) is 10.8. The van der Waals surface area contributed by atoms with Crippen molar-refractivity contribution in [1.82, 2.24) is 8.87 Å². The second-order valence-electron chi connectivity index (χ2n) is 4.94. The molecule has 0 spiro atoms. The van der Waals surface area contributed by atoms with Gasteiger partial charge in [0.05, 0.1) is 10.7 Å². The number of aromatic nitrogens is 1. The second kappa shape index (κ2) is 5.76. The first-order valence-electron chi connectivity index (χ1n) is 6.18. The molecular weight excluding hydrogens is 332 g/mol. The van der Waals surface area contributed by atoms with Crippen LogP contribution in [0.2, 0.25) is 0 Å². The molecule has 0 N–H and O–H groups in total. The van der Waals surface area contributed by atoms with Gasteiger partial charge in [-0.3, -0.25) is 4.79 Å². The van der Waals surface area contributed by atoms with Crippen LogP contribution in [0.5, 0.6) is 0 Å². The molecule has 19 heavy (non-hydrogen) atoms. The molecule has 7 heteroatoms. The summed E-state index contributed by atoms with van der Waals surface area (Å²) in [6.07, 6.45) is 4.78. The highest BCUT2D eigenvalue weighted by Crippen LogP contribution is 2.20. The van der Waals surface area contributed by atoms with E-state index in [-0.39, 0.29) is 11.5 Å². The van der Waals surface area contributed by atoms with Crippen molar-refractivity contribution in [2.75, 3.05) is 19.3 Å². The molecule has 0 aliphatic carbocycles. The molecule has 0 aromatic carbocycles. The minimum Gasteiger partial charge on any atom is -0.314 e. The van der Waals surface area contributed by atoms with Crippen molar-refractivity contribution in [3.8, 4) is 0 Å². The maximum atomic E-state index is 11.9. The molecular formula is C12H17BrN2O3S. The zero-order chi connectivity index (χ0) is 14.0. The summed E-state index contributed by atoms with van der Waals surface area (Å²) in [5.41, 5.74) is -0.0704. The Balaban J connectivity index is 2.11. The second-order valence-corrected chi connectivity index (χ2v) is 7.78. The van der Waals surface area contributed by atoms with Gasteiger partial charge in [0.25, 0.3) is 5.56 Å². The number of nitrogens with zero attached hydrogens (tertiary/aromatic N) is 2. The Morgan fingerprint density at radius 2 is 2.21 bits per heavy atom. The van der Waals surface area contributed by atoms with Crippen LogP contribution >= 0.6 is 15.9 Å². The van der Waals surface area contributed by atoms with Gasteiger partial charge in [0, 0.05) is 25.8 Å². The smallest absolute Gasteiger partial charge is 0.264 e. The van der Waals surface area contributed by atoms with Gasteiger partial charge < -0.3 is 4.57 Å². The van der Waals surface area contributed by atoms with E-state index in [1.165, 1.54) is 10.6 Å². The molecule has 1 unspecified atom stereocenters. The van der Waals surface area contributed by atoms with E-state index in [4.69, 9.17) is 0 Å². The average Bonchev–Trinajstić information content (AvgIpc) is 2.34. The number of pyridine rings is 1. The maximum Gasteiger partial charge on any atom is 0.264 e. The van der Waals surface area contributed by atoms with Crippen LogP contribution in [0.4, 0.5) is 0 Å². The summed E-state index contributed by atoms with van der Waals surface area (Å²) < 4.78 is 26.8.